The van der Waals surface area contributed by atoms with E-state index in [0.717, 1.165) is 28.6 Å². The highest BCUT2D eigenvalue weighted by Gasteiger charge is 2.26. The van der Waals surface area contributed by atoms with Crippen molar-refractivity contribution in [3.63, 3.8) is 0 Å². The number of nitrogens with one attached hydrogen (secondary N) is 1. The zero-order chi connectivity index (χ0) is 24.9. The van der Waals surface area contributed by atoms with Crippen molar-refractivity contribution in [2.45, 2.75) is 13.8 Å². The summed E-state index contributed by atoms with van der Waals surface area (Å²) in [6.45, 7) is 4.05. The van der Waals surface area contributed by atoms with E-state index in [1.165, 1.54) is 9.45 Å². The van der Waals surface area contributed by atoms with Gasteiger partial charge < -0.3 is 25.7 Å². The van der Waals surface area contributed by atoms with Gasteiger partial charge in [-0.2, -0.15) is 0 Å². The summed E-state index contributed by atoms with van der Waals surface area (Å²) in [7, 11) is 0. The van der Waals surface area contributed by atoms with E-state index in [1.54, 1.807) is 47.9 Å². The molecular weight excluding hydrogens is 480 g/mol. The minimum atomic E-state index is -1.11. The lowest BCUT2D eigenvalue weighted by molar-refractivity contribution is -0.135. The number of carboxylic acids is 1. The van der Waals surface area contributed by atoms with Crippen molar-refractivity contribution in [1.82, 2.24) is 0 Å². The van der Waals surface area contributed by atoms with Crippen molar-refractivity contribution in [1.29, 1.82) is 0 Å². The number of rotatable bonds is 4. The first-order chi connectivity index (χ1) is 16.8. The molecular formula is C27H22N2O4S2. The molecule has 0 saturated carbocycles. The number of benzene rings is 2. The van der Waals surface area contributed by atoms with Gasteiger partial charge in [0.1, 0.15) is 22.8 Å². The third kappa shape index (κ3) is 5.45. The number of carbonyl (C=O) groups excluding carboxylic acids is 1. The number of hydrogen-bond donors (Lipinski definition) is 2. The molecule has 1 aliphatic heterocycles. The minimum absolute atomic E-state index is 0.0296. The molecule has 2 N–H and O–H groups in total. The molecule has 35 heavy (non-hydrogen) atoms. The van der Waals surface area contributed by atoms with Crippen LogP contribution in [-0.2, 0) is 17.6 Å². The first-order valence-electron chi connectivity index (χ1n) is 10.7. The predicted octanol–water partition coefficient (Wildman–Crippen LogP) is 5.93. The molecule has 0 saturated heterocycles. The number of aryl methyl sites for hydroxylation is 2. The summed E-state index contributed by atoms with van der Waals surface area (Å²) in [6, 6.07) is 16.1. The van der Waals surface area contributed by atoms with Crippen LogP contribution in [-0.4, -0.2) is 26.1 Å². The van der Waals surface area contributed by atoms with Gasteiger partial charge in [-0.25, -0.2) is 10.1 Å². The van der Waals surface area contributed by atoms with E-state index >= 15 is 0 Å². The maximum absolute atomic E-state index is 13.6. The van der Waals surface area contributed by atoms with Crippen LogP contribution in [0.5, 0.6) is 0 Å². The van der Waals surface area contributed by atoms with Crippen LogP contribution in [0.25, 0.3) is 17.4 Å². The number of anilines is 1. The summed E-state index contributed by atoms with van der Waals surface area (Å²) in [4.78, 5) is 25.2. The van der Waals surface area contributed by atoms with E-state index in [1.807, 2.05) is 44.2 Å². The van der Waals surface area contributed by atoms with E-state index in [-0.39, 0.29) is 17.1 Å². The van der Waals surface area contributed by atoms with Gasteiger partial charge in [0.05, 0.1) is 11.9 Å². The van der Waals surface area contributed by atoms with Gasteiger partial charge in [-0.05, 0) is 55.3 Å². The fraction of sp³-hybridized carbons (Fsp3) is 0.0741. The number of allylic oxidation sites excluding steroid dienone is 3. The first kappa shape index (κ1) is 24.3. The molecule has 0 bridgehead atoms. The Bertz CT molecular complexity index is 1410. The number of para-hydroxylation sites is 1. The molecule has 0 spiro atoms. The van der Waals surface area contributed by atoms with Crippen molar-refractivity contribution in [3.05, 3.63) is 106 Å². The molecule has 0 amide bonds. The van der Waals surface area contributed by atoms with Crippen LogP contribution < -0.4 is 5.32 Å². The molecule has 0 atom stereocenters. The zero-order valence-electron chi connectivity index (χ0n) is 19.0. The van der Waals surface area contributed by atoms with Crippen molar-refractivity contribution >= 4 is 54.1 Å². The third-order valence-corrected chi connectivity index (χ3v) is 6.44. The van der Waals surface area contributed by atoms with Crippen LogP contribution in [0.4, 0.5) is 5.69 Å². The fourth-order valence-electron chi connectivity index (χ4n) is 3.69. The molecule has 1 aromatic heterocycles. The van der Waals surface area contributed by atoms with Crippen LogP contribution >= 0.6 is 11.9 Å². The number of Topliss-reactive ketones (excluding diaryl/α,β-unsaturated/α-hetero) is 1. The van der Waals surface area contributed by atoms with E-state index in [2.05, 4.69) is 5.32 Å². The second kappa shape index (κ2) is 10.6. The summed E-state index contributed by atoms with van der Waals surface area (Å²) in [6.07, 6.45) is 6.82. The monoisotopic (exact) mass is 502 g/mol. The molecule has 2 heterocycles. The Balaban J connectivity index is 1.73. The lowest BCUT2D eigenvalue weighted by Gasteiger charge is -2.13. The Hall–Kier alpha value is -3.88. The summed E-state index contributed by atoms with van der Waals surface area (Å²) in [5, 5.41) is 14.2. The maximum Gasteiger partial charge on any atom is 0.340 e. The average molecular weight is 503 g/mol. The second-order valence-electron chi connectivity index (χ2n) is 7.77. The van der Waals surface area contributed by atoms with Crippen LogP contribution in [0.1, 0.15) is 27.2 Å². The number of amidine groups is 1. The number of ketones is 1. The Labute approximate surface area is 213 Å². The number of carboxylic acid groups (broad SMARTS) is 1. The van der Waals surface area contributed by atoms with Gasteiger partial charge in [-0.15, -0.1) is 0 Å². The molecule has 0 radical (unpaired) electrons. The maximum atomic E-state index is 13.6. The summed E-state index contributed by atoms with van der Waals surface area (Å²) < 4.78 is 7.34. The van der Waals surface area contributed by atoms with Crippen molar-refractivity contribution in [2.75, 3.05) is 5.32 Å². The third-order valence-electron chi connectivity index (χ3n) is 5.34. The van der Waals surface area contributed by atoms with Crippen molar-refractivity contribution < 1.29 is 22.5 Å². The van der Waals surface area contributed by atoms with Crippen LogP contribution in [0.2, 0.25) is 0 Å². The van der Waals surface area contributed by atoms with Gasteiger partial charge in [0.15, 0.2) is 0 Å². The number of nitrogens with zero attached hydrogens (tertiary/aromatic N) is 1. The molecule has 8 heteroatoms. The predicted molar refractivity (Wildman–Crippen MR) is 142 cm³/mol. The normalized spacial score (nSPS) is 19.0. The molecule has 0 fully saturated rings. The highest BCUT2D eigenvalue weighted by molar-refractivity contribution is 7.99. The topological polar surface area (TPSA) is 82.5 Å². The molecule has 176 valence electrons. The van der Waals surface area contributed by atoms with Gasteiger partial charge in [0.2, 0.25) is 0 Å². The largest absolute Gasteiger partial charge is 0.545 e. The fourth-order valence-corrected chi connectivity index (χ4v) is 4.47. The van der Waals surface area contributed by atoms with Crippen LogP contribution in [0, 0.1) is 13.8 Å². The second-order valence-corrected chi connectivity index (χ2v) is 9.22. The molecule has 0 unspecified atom stereocenters. The number of furan rings is 1. The Morgan fingerprint density at radius 1 is 1.06 bits per heavy atom. The molecule has 2 aromatic carbocycles. The number of carbonyl (C=O) groups is 2. The van der Waals surface area contributed by atoms with Crippen LogP contribution in [0.3, 0.4) is 0 Å². The quantitative estimate of drug-likeness (QED) is 0.198. The van der Waals surface area contributed by atoms with Gasteiger partial charge >= 0.3 is 11.8 Å². The van der Waals surface area contributed by atoms with Gasteiger partial charge in [0, 0.05) is 16.5 Å². The summed E-state index contributed by atoms with van der Waals surface area (Å²) >= 11 is 6.54. The van der Waals surface area contributed by atoms with E-state index in [4.69, 9.17) is 17.2 Å². The minimum Gasteiger partial charge on any atom is -0.545 e. The van der Waals surface area contributed by atoms with E-state index in [0.29, 0.717) is 17.1 Å². The highest BCUT2D eigenvalue weighted by atomic mass is 32.2. The molecule has 4 rings (SSSR count). The van der Waals surface area contributed by atoms with E-state index < -0.39 is 11.8 Å². The Morgan fingerprint density at radius 2 is 1.80 bits per heavy atom. The Kier molecular flexibility index (Phi) is 7.33. The lowest BCUT2D eigenvalue weighted by Crippen LogP contribution is -2.31. The molecule has 6 nitrogen and oxygen atoms in total. The van der Waals surface area contributed by atoms with Gasteiger partial charge in [-0.1, -0.05) is 48.6 Å². The van der Waals surface area contributed by atoms with Gasteiger partial charge in [-0.3, -0.25) is 4.79 Å². The SMILES string of the molecule is Cc1cccc(C)c1-c1ccc(C=C2/C=C/C=C\S/[N+]([S-])=C(/Nc3ccccc3C(=O)O)C2=O)o1. The van der Waals surface area contributed by atoms with Crippen molar-refractivity contribution in [2.24, 2.45) is 0 Å². The Morgan fingerprint density at radius 3 is 2.54 bits per heavy atom. The number of aromatic carboxylic acids is 1. The van der Waals surface area contributed by atoms with Crippen LogP contribution in [0.15, 0.2) is 88.2 Å². The standard InChI is InChI=1S/C27H22N2O4S2/c1-17-8-7-9-18(2)24(17)23-14-13-20(33-23)16-19-10-5-6-15-35-29(34)26(25(19)30)28-22-12-4-3-11-21(22)27(31)32/h3-16,28H,1-2H3,(H,31,32)/b10-5+,15-6-,19-16?,29-26+. The molecule has 0 aliphatic carbocycles. The zero-order valence-corrected chi connectivity index (χ0v) is 20.7. The highest BCUT2D eigenvalue weighted by Crippen LogP contribution is 2.30. The first-order valence-corrected chi connectivity index (χ1v) is 11.9. The lowest BCUT2D eigenvalue weighted by atomic mass is 10.0. The molecule has 3 aromatic rings. The number of hydrogen-bond acceptors (Lipinski definition) is 6. The van der Waals surface area contributed by atoms with Gasteiger partial charge in [0.25, 0.3) is 5.78 Å². The van der Waals surface area contributed by atoms with E-state index in [9.17, 15) is 14.7 Å². The van der Waals surface area contributed by atoms with Crippen molar-refractivity contribution in [3.8, 4) is 11.3 Å². The smallest absolute Gasteiger partial charge is 0.340 e. The molecule has 1 aliphatic rings. The summed E-state index contributed by atoms with van der Waals surface area (Å²) in [5.41, 5.74) is 3.83. The average Bonchev–Trinajstić information content (AvgIpc) is 3.30. The summed E-state index contributed by atoms with van der Waals surface area (Å²) in [5.74, 6) is -0.254.